The molecule has 8 heteroatoms. The highest BCUT2D eigenvalue weighted by Gasteiger charge is 2.38. The summed E-state index contributed by atoms with van der Waals surface area (Å²) >= 11 is 0. The Labute approximate surface area is 193 Å². The summed E-state index contributed by atoms with van der Waals surface area (Å²) in [6.07, 6.45) is 5.87. The lowest BCUT2D eigenvalue weighted by atomic mass is 9.94. The molecule has 0 bridgehead atoms. The first kappa shape index (κ1) is 22.2. The van der Waals surface area contributed by atoms with Gasteiger partial charge < -0.3 is 24.4 Å². The summed E-state index contributed by atoms with van der Waals surface area (Å²) in [6, 6.07) is 1.85. The number of pyridine rings is 1. The van der Waals surface area contributed by atoms with E-state index in [-0.39, 0.29) is 22.9 Å². The lowest BCUT2D eigenvalue weighted by Gasteiger charge is -2.25. The minimum Gasteiger partial charge on any atom is -0.492 e. The predicted molar refractivity (Wildman–Crippen MR) is 127 cm³/mol. The largest absolute Gasteiger partial charge is 0.492 e. The zero-order valence-corrected chi connectivity index (χ0v) is 19.7. The first-order valence-electron chi connectivity index (χ1n) is 12.2. The number of piperidine rings is 1. The average Bonchev–Trinajstić information content (AvgIpc) is 3.57. The molecule has 1 saturated carbocycles. The Bertz CT molecular complexity index is 1120. The summed E-state index contributed by atoms with van der Waals surface area (Å²) < 4.78 is 23.5. The van der Waals surface area contributed by atoms with Crippen LogP contribution in [0.1, 0.15) is 55.9 Å². The number of hydrogen-bond acceptors (Lipinski definition) is 5. The number of hydrogen-bond donors (Lipinski definition) is 1. The monoisotopic (exact) mass is 456 g/mol. The number of aromatic nitrogens is 1. The zero-order chi connectivity index (χ0) is 23.3. The number of rotatable bonds is 6. The smallest absolute Gasteiger partial charge is 0.259 e. The van der Waals surface area contributed by atoms with Gasteiger partial charge in [0.15, 0.2) is 11.6 Å². The fourth-order valence-electron chi connectivity index (χ4n) is 5.63. The number of ether oxygens (including phenoxy) is 1. The molecular formula is C25H33FN4O3. The number of nitrogens with zero attached hydrogens (tertiary/aromatic N) is 3. The molecule has 5 rings (SSSR count). The van der Waals surface area contributed by atoms with Crippen molar-refractivity contribution in [2.45, 2.75) is 51.6 Å². The molecule has 1 aromatic carbocycles. The number of nitrogens with one attached hydrogen (secondary N) is 1. The van der Waals surface area contributed by atoms with Crippen LogP contribution in [0, 0.1) is 11.7 Å². The molecule has 3 aliphatic rings. The number of anilines is 1. The molecule has 3 fully saturated rings. The van der Waals surface area contributed by atoms with Gasteiger partial charge in [-0.2, -0.15) is 0 Å². The summed E-state index contributed by atoms with van der Waals surface area (Å²) in [5.41, 5.74) is 0.696. The van der Waals surface area contributed by atoms with Crippen LogP contribution in [-0.4, -0.2) is 61.2 Å². The average molecular weight is 457 g/mol. The fourth-order valence-corrected chi connectivity index (χ4v) is 5.63. The maximum Gasteiger partial charge on any atom is 0.259 e. The number of benzene rings is 1. The van der Waals surface area contributed by atoms with Crippen molar-refractivity contribution >= 4 is 22.5 Å². The van der Waals surface area contributed by atoms with Crippen molar-refractivity contribution in [1.82, 2.24) is 14.8 Å². The Balaban J connectivity index is 1.69. The molecule has 1 aliphatic carbocycles. The van der Waals surface area contributed by atoms with Crippen LogP contribution < -0.4 is 20.4 Å². The minimum absolute atomic E-state index is 0.101. The van der Waals surface area contributed by atoms with E-state index in [1.807, 2.05) is 18.4 Å². The van der Waals surface area contributed by atoms with Gasteiger partial charge in [-0.15, -0.1) is 0 Å². The summed E-state index contributed by atoms with van der Waals surface area (Å²) in [4.78, 5) is 30.2. The molecule has 2 aromatic rings. The number of amides is 1. The maximum atomic E-state index is 15.7. The Kier molecular flexibility index (Phi) is 5.80. The van der Waals surface area contributed by atoms with E-state index in [1.165, 1.54) is 13.2 Å². The van der Waals surface area contributed by atoms with Crippen molar-refractivity contribution in [3.8, 4) is 5.75 Å². The third kappa shape index (κ3) is 3.68. The lowest BCUT2D eigenvalue weighted by Crippen LogP contribution is -2.40. The molecule has 2 aliphatic heterocycles. The van der Waals surface area contributed by atoms with Gasteiger partial charge in [-0.1, -0.05) is 0 Å². The SMILES string of the molecule is CCN(CC)C(=O)c1cn(C2CC2)c2c(OC)c(N3C[C@@H]4CCCN[C@@H]4C3)c(F)cc2c1=O. The van der Waals surface area contributed by atoms with Crippen LogP contribution in [0.5, 0.6) is 5.75 Å². The van der Waals surface area contributed by atoms with E-state index in [0.717, 1.165) is 45.3 Å². The van der Waals surface area contributed by atoms with E-state index in [2.05, 4.69) is 10.2 Å². The van der Waals surface area contributed by atoms with Crippen molar-refractivity contribution in [3.05, 3.63) is 33.9 Å². The van der Waals surface area contributed by atoms with Crippen LogP contribution in [0.2, 0.25) is 0 Å². The van der Waals surface area contributed by atoms with Crippen molar-refractivity contribution in [3.63, 3.8) is 0 Å². The molecule has 2 atom stereocenters. The molecule has 33 heavy (non-hydrogen) atoms. The molecule has 7 nitrogen and oxygen atoms in total. The first-order chi connectivity index (χ1) is 16.0. The highest BCUT2D eigenvalue weighted by molar-refractivity contribution is 6.00. The Hall–Kier alpha value is -2.61. The highest BCUT2D eigenvalue weighted by atomic mass is 19.1. The van der Waals surface area contributed by atoms with Gasteiger partial charge >= 0.3 is 0 Å². The van der Waals surface area contributed by atoms with Crippen molar-refractivity contribution in [2.75, 3.05) is 44.7 Å². The number of methoxy groups -OCH3 is 1. The molecule has 1 N–H and O–H groups in total. The standard InChI is InChI=1S/C25H33FN4O3/c1-4-28(5-2)25(32)18-13-30(16-8-9-16)21-17(23(18)31)11-19(26)22(24(21)33-3)29-12-15-7-6-10-27-20(15)14-29/h11,13,15-16,20,27H,4-10,12,14H2,1-3H3/t15-,20+/m0/s1. The predicted octanol–water partition coefficient (Wildman–Crippen LogP) is 3.15. The summed E-state index contributed by atoms with van der Waals surface area (Å²) in [6.45, 7) is 7.28. The number of carbonyl (C=O) groups is 1. The topological polar surface area (TPSA) is 66.8 Å². The van der Waals surface area contributed by atoms with Crippen LogP contribution in [0.4, 0.5) is 10.1 Å². The zero-order valence-electron chi connectivity index (χ0n) is 19.7. The van der Waals surface area contributed by atoms with Crippen LogP contribution in [0.15, 0.2) is 17.1 Å². The number of halogens is 1. The summed E-state index contributed by atoms with van der Waals surface area (Å²) in [7, 11) is 1.54. The van der Waals surface area contributed by atoms with Gasteiger partial charge in [-0.3, -0.25) is 9.59 Å². The van der Waals surface area contributed by atoms with Crippen LogP contribution in [-0.2, 0) is 0 Å². The second-order valence-electron chi connectivity index (χ2n) is 9.49. The van der Waals surface area contributed by atoms with Gasteiger partial charge in [0, 0.05) is 44.5 Å². The van der Waals surface area contributed by atoms with Crippen LogP contribution in [0.25, 0.3) is 10.9 Å². The van der Waals surface area contributed by atoms with E-state index in [9.17, 15) is 9.59 Å². The number of carbonyl (C=O) groups excluding carboxylic acids is 1. The van der Waals surface area contributed by atoms with Gasteiger partial charge in [0.25, 0.3) is 5.91 Å². The van der Waals surface area contributed by atoms with E-state index < -0.39 is 11.2 Å². The third-order valence-electron chi connectivity index (χ3n) is 7.54. The molecule has 0 spiro atoms. The fraction of sp³-hybridized carbons (Fsp3) is 0.600. The van der Waals surface area contributed by atoms with Crippen molar-refractivity contribution in [2.24, 2.45) is 5.92 Å². The molecule has 178 valence electrons. The molecule has 1 amide bonds. The summed E-state index contributed by atoms with van der Waals surface area (Å²) in [5, 5.41) is 3.78. The van der Waals surface area contributed by atoms with E-state index in [1.54, 1.807) is 11.1 Å². The number of fused-ring (bicyclic) bond motifs is 2. The molecule has 0 unspecified atom stereocenters. The van der Waals surface area contributed by atoms with E-state index in [4.69, 9.17) is 4.74 Å². The van der Waals surface area contributed by atoms with Gasteiger partial charge in [-0.05, 0) is 58.1 Å². The van der Waals surface area contributed by atoms with Crippen LogP contribution >= 0.6 is 0 Å². The second kappa shape index (κ2) is 8.63. The third-order valence-corrected chi connectivity index (χ3v) is 7.54. The second-order valence-corrected chi connectivity index (χ2v) is 9.49. The first-order valence-corrected chi connectivity index (χ1v) is 12.2. The van der Waals surface area contributed by atoms with Crippen LogP contribution in [0.3, 0.4) is 0 Å². The van der Waals surface area contributed by atoms with Gasteiger partial charge in [-0.25, -0.2) is 4.39 Å². The Morgan fingerprint density at radius 3 is 2.64 bits per heavy atom. The minimum atomic E-state index is -0.468. The van der Waals surface area contributed by atoms with E-state index in [0.29, 0.717) is 42.0 Å². The molecule has 0 radical (unpaired) electrons. The summed E-state index contributed by atoms with van der Waals surface area (Å²) in [5.74, 6) is 0.108. The van der Waals surface area contributed by atoms with Crippen molar-refractivity contribution < 1.29 is 13.9 Å². The Morgan fingerprint density at radius 1 is 1.24 bits per heavy atom. The normalized spacial score (nSPS) is 22.5. The maximum absolute atomic E-state index is 15.7. The van der Waals surface area contributed by atoms with Gasteiger partial charge in [0.2, 0.25) is 5.43 Å². The molecule has 3 heterocycles. The highest BCUT2D eigenvalue weighted by Crippen LogP contribution is 2.45. The quantitative estimate of drug-likeness (QED) is 0.723. The van der Waals surface area contributed by atoms with E-state index >= 15 is 4.39 Å². The van der Waals surface area contributed by atoms with Crippen molar-refractivity contribution in [1.29, 1.82) is 0 Å². The Morgan fingerprint density at radius 2 is 2.00 bits per heavy atom. The molecule has 1 aromatic heterocycles. The lowest BCUT2D eigenvalue weighted by molar-refractivity contribution is 0.0771. The molecule has 2 saturated heterocycles. The van der Waals surface area contributed by atoms with Gasteiger partial charge in [0.1, 0.15) is 11.3 Å². The molecular weight excluding hydrogens is 423 g/mol. The van der Waals surface area contributed by atoms with Gasteiger partial charge in [0.05, 0.1) is 18.0 Å².